The molecule has 2 atom stereocenters. The Kier molecular flexibility index (Phi) is 3.62. The van der Waals surface area contributed by atoms with Gasteiger partial charge in [0.1, 0.15) is 5.54 Å². The molecule has 0 aromatic carbocycles. The van der Waals surface area contributed by atoms with E-state index in [1.54, 1.807) is 6.92 Å². The van der Waals surface area contributed by atoms with Crippen LogP contribution in [0.5, 0.6) is 0 Å². The maximum absolute atomic E-state index is 12.1. The zero-order chi connectivity index (χ0) is 12.4. The van der Waals surface area contributed by atoms with Crippen molar-refractivity contribution in [3.63, 3.8) is 0 Å². The van der Waals surface area contributed by atoms with Crippen LogP contribution in [-0.2, 0) is 4.79 Å². The van der Waals surface area contributed by atoms with Gasteiger partial charge in [-0.3, -0.25) is 4.79 Å². The molecule has 0 aromatic rings. The molecule has 0 aliphatic heterocycles. The number of hydrogen-bond donors (Lipinski definition) is 1. The molecule has 90 valence electrons. The molecule has 1 saturated carbocycles. The highest BCUT2D eigenvalue weighted by Gasteiger charge is 2.41. The molecule has 0 saturated heterocycles. The van der Waals surface area contributed by atoms with E-state index in [9.17, 15) is 4.79 Å². The molecule has 0 spiro atoms. The summed E-state index contributed by atoms with van der Waals surface area (Å²) in [5.41, 5.74) is -0.635. The molecule has 0 bridgehead atoms. The fraction of sp³-hybridized carbons (Fsp3) is 0.846. The minimum Gasteiger partial charge on any atom is -0.338 e. The fourth-order valence-corrected chi connectivity index (χ4v) is 2.37. The van der Waals surface area contributed by atoms with Crippen LogP contribution in [0.2, 0.25) is 0 Å². The van der Waals surface area contributed by atoms with Crippen LogP contribution in [0.4, 0.5) is 0 Å². The van der Waals surface area contributed by atoms with Gasteiger partial charge in [-0.2, -0.15) is 5.26 Å². The van der Waals surface area contributed by atoms with Crippen LogP contribution < -0.4 is 5.32 Å². The Hall–Kier alpha value is -1.04. The van der Waals surface area contributed by atoms with E-state index in [4.69, 9.17) is 5.26 Å². The second-order valence-electron chi connectivity index (χ2n) is 5.72. The number of carbonyl (C=O) groups excluding carboxylic acids is 1. The predicted molar refractivity (Wildman–Crippen MR) is 63.6 cm³/mol. The van der Waals surface area contributed by atoms with Gasteiger partial charge in [-0.15, -0.1) is 0 Å². The highest BCUT2D eigenvalue weighted by molar-refractivity contribution is 5.80. The maximum Gasteiger partial charge on any atom is 0.224 e. The smallest absolute Gasteiger partial charge is 0.224 e. The summed E-state index contributed by atoms with van der Waals surface area (Å²) in [5, 5.41) is 11.9. The Morgan fingerprint density at radius 3 is 2.62 bits per heavy atom. The maximum atomic E-state index is 12.1. The van der Waals surface area contributed by atoms with Gasteiger partial charge in [0.25, 0.3) is 0 Å². The van der Waals surface area contributed by atoms with Gasteiger partial charge in [0.2, 0.25) is 5.91 Å². The molecule has 1 amide bonds. The van der Waals surface area contributed by atoms with Crippen LogP contribution in [0.15, 0.2) is 0 Å². The second kappa shape index (κ2) is 4.45. The lowest BCUT2D eigenvalue weighted by atomic mass is 9.81. The minimum absolute atomic E-state index is 0.0494. The standard InChI is InChI=1S/C13H22N2O/c1-5-13(4,9-14)15-11(16)10-7-6-8-12(10,2)3/h10H,5-8H2,1-4H3,(H,15,16). The third-order valence-electron chi connectivity index (χ3n) is 3.93. The van der Waals surface area contributed by atoms with E-state index in [0.29, 0.717) is 6.42 Å². The first-order chi connectivity index (χ1) is 7.34. The van der Waals surface area contributed by atoms with E-state index in [0.717, 1.165) is 19.3 Å². The number of amides is 1. The van der Waals surface area contributed by atoms with E-state index >= 15 is 0 Å². The quantitative estimate of drug-likeness (QED) is 0.798. The third kappa shape index (κ3) is 2.55. The minimum atomic E-state index is -0.713. The second-order valence-corrected chi connectivity index (χ2v) is 5.72. The number of rotatable bonds is 3. The Labute approximate surface area is 98.2 Å². The number of hydrogen-bond acceptors (Lipinski definition) is 2. The zero-order valence-electron chi connectivity index (χ0n) is 10.8. The van der Waals surface area contributed by atoms with Crippen LogP contribution in [0.1, 0.15) is 53.4 Å². The van der Waals surface area contributed by atoms with Crippen molar-refractivity contribution in [2.75, 3.05) is 0 Å². The molecule has 1 N–H and O–H groups in total. The molecule has 1 fully saturated rings. The van der Waals surface area contributed by atoms with Gasteiger partial charge in [-0.1, -0.05) is 27.2 Å². The van der Waals surface area contributed by atoms with Crippen LogP contribution in [-0.4, -0.2) is 11.4 Å². The Morgan fingerprint density at radius 2 is 2.25 bits per heavy atom. The van der Waals surface area contributed by atoms with Crippen molar-refractivity contribution >= 4 is 5.91 Å². The van der Waals surface area contributed by atoms with Crippen molar-refractivity contribution in [1.82, 2.24) is 5.32 Å². The first-order valence-corrected chi connectivity index (χ1v) is 6.08. The molecular weight excluding hydrogens is 200 g/mol. The van der Waals surface area contributed by atoms with Crippen molar-refractivity contribution in [2.24, 2.45) is 11.3 Å². The average Bonchev–Trinajstić information content (AvgIpc) is 2.58. The van der Waals surface area contributed by atoms with Gasteiger partial charge in [-0.05, 0) is 31.6 Å². The molecule has 3 nitrogen and oxygen atoms in total. The summed E-state index contributed by atoms with van der Waals surface area (Å²) in [4.78, 5) is 12.1. The van der Waals surface area contributed by atoms with Crippen molar-refractivity contribution in [2.45, 2.75) is 58.9 Å². The van der Waals surface area contributed by atoms with Crippen molar-refractivity contribution in [3.05, 3.63) is 0 Å². The van der Waals surface area contributed by atoms with Gasteiger partial charge in [0.05, 0.1) is 6.07 Å². The van der Waals surface area contributed by atoms with Crippen molar-refractivity contribution in [1.29, 1.82) is 5.26 Å². The van der Waals surface area contributed by atoms with Crippen molar-refractivity contribution in [3.8, 4) is 6.07 Å². The Balaban J connectivity index is 2.70. The van der Waals surface area contributed by atoms with Crippen LogP contribution in [0, 0.1) is 22.7 Å². The van der Waals surface area contributed by atoms with Gasteiger partial charge in [-0.25, -0.2) is 0 Å². The molecule has 2 unspecified atom stereocenters. The Bertz CT molecular complexity index is 316. The Morgan fingerprint density at radius 1 is 1.62 bits per heavy atom. The summed E-state index contributed by atoms with van der Waals surface area (Å²) in [6.45, 7) is 7.98. The molecule has 1 aliphatic carbocycles. The summed E-state index contributed by atoms with van der Waals surface area (Å²) in [6.07, 6.45) is 3.80. The van der Waals surface area contributed by atoms with Crippen LogP contribution in [0.25, 0.3) is 0 Å². The first-order valence-electron chi connectivity index (χ1n) is 6.08. The van der Waals surface area contributed by atoms with E-state index in [1.165, 1.54) is 0 Å². The topological polar surface area (TPSA) is 52.9 Å². The average molecular weight is 222 g/mol. The summed E-state index contributed by atoms with van der Waals surface area (Å²) in [6, 6.07) is 2.18. The number of nitrogens with one attached hydrogen (secondary N) is 1. The zero-order valence-corrected chi connectivity index (χ0v) is 10.8. The van der Waals surface area contributed by atoms with E-state index < -0.39 is 5.54 Å². The van der Waals surface area contributed by atoms with E-state index in [-0.39, 0.29) is 17.2 Å². The van der Waals surface area contributed by atoms with E-state index in [2.05, 4.69) is 25.2 Å². The lowest BCUT2D eigenvalue weighted by Gasteiger charge is -2.29. The molecule has 1 aliphatic rings. The molecule has 3 heteroatoms. The molecule has 0 heterocycles. The van der Waals surface area contributed by atoms with Crippen LogP contribution in [0.3, 0.4) is 0 Å². The summed E-state index contributed by atoms with van der Waals surface area (Å²) >= 11 is 0. The molecule has 0 aromatic heterocycles. The molecular formula is C13H22N2O. The lowest BCUT2D eigenvalue weighted by molar-refractivity contribution is -0.128. The highest BCUT2D eigenvalue weighted by atomic mass is 16.2. The molecule has 0 radical (unpaired) electrons. The first kappa shape index (κ1) is 13.0. The summed E-state index contributed by atoms with van der Waals surface area (Å²) in [5.74, 6) is 0.111. The van der Waals surface area contributed by atoms with Gasteiger partial charge in [0, 0.05) is 5.92 Å². The lowest BCUT2D eigenvalue weighted by Crippen LogP contribution is -2.48. The monoisotopic (exact) mass is 222 g/mol. The normalized spacial score (nSPS) is 26.8. The molecule has 1 rings (SSSR count). The number of carbonyl (C=O) groups is 1. The third-order valence-corrected chi connectivity index (χ3v) is 3.93. The largest absolute Gasteiger partial charge is 0.338 e. The summed E-state index contributed by atoms with van der Waals surface area (Å²) < 4.78 is 0. The van der Waals surface area contributed by atoms with Crippen LogP contribution >= 0.6 is 0 Å². The van der Waals surface area contributed by atoms with E-state index in [1.807, 2.05) is 6.92 Å². The number of nitriles is 1. The summed E-state index contributed by atoms with van der Waals surface area (Å²) in [7, 11) is 0. The SMILES string of the molecule is CCC(C)(C#N)NC(=O)C1CCCC1(C)C. The van der Waals surface area contributed by atoms with Gasteiger partial charge < -0.3 is 5.32 Å². The van der Waals surface area contributed by atoms with Gasteiger partial charge in [0.15, 0.2) is 0 Å². The van der Waals surface area contributed by atoms with Gasteiger partial charge >= 0.3 is 0 Å². The molecule has 16 heavy (non-hydrogen) atoms. The van der Waals surface area contributed by atoms with Crippen molar-refractivity contribution < 1.29 is 4.79 Å². The fourth-order valence-electron chi connectivity index (χ4n) is 2.37. The predicted octanol–water partition coefficient (Wildman–Crippen LogP) is 2.62. The highest BCUT2D eigenvalue weighted by Crippen LogP contribution is 2.42. The number of nitrogens with zero attached hydrogens (tertiary/aromatic N) is 1.